The summed E-state index contributed by atoms with van der Waals surface area (Å²) in [6.07, 6.45) is 7.45. The van der Waals surface area contributed by atoms with Crippen LogP contribution in [0.5, 0.6) is 0 Å². The molecule has 1 aliphatic carbocycles. The van der Waals surface area contributed by atoms with Gasteiger partial charge in [-0.2, -0.15) is 5.48 Å². The monoisotopic (exact) mass is 348 g/mol. The Kier molecular flexibility index (Phi) is 5.73. The fourth-order valence-corrected chi connectivity index (χ4v) is 3.51. The van der Waals surface area contributed by atoms with Crippen LogP contribution in [0.3, 0.4) is 0 Å². The number of rotatable bonds is 3. The third-order valence-corrected chi connectivity index (χ3v) is 5.08. The second-order valence-corrected chi connectivity index (χ2v) is 6.77. The van der Waals surface area contributed by atoms with Crippen molar-refractivity contribution >= 4 is 17.8 Å². The molecule has 25 heavy (non-hydrogen) atoms. The molecule has 2 fully saturated rings. The molecule has 0 atom stereocenters. The summed E-state index contributed by atoms with van der Waals surface area (Å²) in [5, 5.41) is 0. The highest BCUT2D eigenvalue weighted by molar-refractivity contribution is 5.91. The van der Waals surface area contributed by atoms with Crippen molar-refractivity contribution in [1.29, 1.82) is 0 Å². The van der Waals surface area contributed by atoms with Crippen molar-refractivity contribution in [2.45, 2.75) is 44.9 Å². The first-order chi connectivity index (χ1) is 12.1. The molecule has 1 N–H and O–H groups in total. The van der Waals surface area contributed by atoms with E-state index in [4.69, 9.17) is 9.25 Å². The Balaban J connectivity index is 1.40. The van der Waals surface area contributed by atoms with Crippen LogP contribution in [0.4, 0.5) is 0 Å². The molecule has 1 saturated carbocycles. The fraction of sp³-hybridized carbons (Fsp3) is 0.611. The number of hydroxylamine groups is 1. The number of furan rings is 1. The Morgan fingerprint density at radius 2 is 1.76 bits per heavy atom. The number of hydrogen-bond donors (Lipinski definition) is 1. The molecule has 1 aromatic rings. The van der Waals surface area contributed by atoms with Crippen molar-refractivity contribution in [1.82, 2.24) is 10.4 Å². The molecule has 0 aromatic carbocycles. The van der Waals surface area contributed by atoms with E-state index in [-0.39, 0.29) is 29.6 Å². The van der Waals surface area contributed by atoms with E-state index in [1.807, 2.05) is 0 Å². The molecule has 7 heteroatoms. The number of carbonyl (C=O) groups is 3. The van der Waals surface area contributed by atoms with Gasteiger partial charge in [0.1, 0.15) is 0 Å². The number of hydrogen-bond acceptors (Lipinski definition) is 5. The normalized spacial score (nSPS) is 19.4. The van der Waals surface area contributed by atoms with Gasteiger partial charge < -0.3 is 14.2 Å². The van der Waals surface area contributed by atoms with Gasteiger partial charge in [0, 0.05) is 19.0 Å². The quantitative estimate of drug-likeness (QED) is 0.847. The van der Waals surface area contributed by atoms with Crippen molar-refractivity contribution in [2.24, 2.45) is 11.8 Å². The summed E-state index contributed by atoms with van der Waals surface area (Å²) in [4.78, 5) is 43.0. The lowest BCUT2D eigenvalue weighted by Crippen LogP contribution is -2.43. The molecule has 2 amide bonds. The van der Waals surface area contributed by atoms with Crippen molar-refractivity contribution < 1.29 is 23.6 Å². The van der Waals surface area contributed by atoms with Gasteiger partial charge in [-0.3, -0.25) is 9.59 Å². The van der Waals surface area contributed by atoms with Crippen LogP contribution < -0.4 is 5.48 Å². The van der Waals surface area contributed by atoms with Crippen LogP contribution in [-0.2, 0) is 14.4 Å². The molecule has 3 rings (SSSR count). The number of nitrogens with one attached hydrogen (secondary N) is 1. The lowest BCUT2D eigenvalue weighted by Gasteiger charge is -2.30. The zero-order chi connectivity index (χ0) is 17.6. The molecule has 0 unspecified atom stereocenters. The standard InChI is InChI=1S/C18H24N2O5/c21-16(19-25-18(23)14-5-2-1-3-6-14)13-8-10-20(11-9-13)17(22)15-7-4-12-24-15/h4,7,12-14H,1-3,5-6,8-11H2,(H,19,21). The van der Waals surface area contributed by atoms with Gasteiger partial charge in [0.25, 0.3) is 11.8 Å². The average molecular weight is 348 g/mol. The summed E-state index contributed by atoms with van der Waals surface area (Å²) in [5.41, 5.74) is 2.31. The Bertz CT molecular complexity index is 599. The molecule has 0 bridgehead atoms. The third kappa shape index (κ3) is 4.41. The first-order valence-electron chi connectivity index (χ1n) is 8.98. The Morgan fingerprint density at radius 3 is 2.40 bits per heavy atom. The van der Waals surface area contributed by atoms with Crippen molar-refractivity contribution in [3.8, 4) is 0 Å². The SMILES string of the molecule is O=C(NOC(=O)C1CCCCC1)C1CCN(C(=O)c2ccco2)CC1. The highest BCUT2D eigenvalue weighted by atomic mass is 16.7. The predicted octanol–water partition coefficient (Wildman–Crippen LogP) is 2.29. The minimum atomic E-state index is -0.335. The second-order valence-electron chi connectivity index (χ2n) is 6.77. The summed E-state index contributed by atoms with van der Waals surface area (Å²) in [6, 6.07) is 3.31. The van der Waals surface area contributed by atoms with E-state index in [1.54, 1.807) is 17.0 Å². The second kappa shape index (κ2) is 8.18. The van der Waals surface area contributed by atoms with Gasteiger partial charge >= 0.3 is 5.97 Å². The molecule has 0 radical (unpaired) electrons. The number of piperidine rings is 1. The van der Waals surface area contributed by atoms with Crippen LogP contribution in [-0.4, -0.2) is 35.8 Å². The van der Waals surface area contributed by atoms with E-state index in [2.05, 4.69) is 5.48 Å². The van der Waals surface area contributed by atoms with Crippen LogP contribution in [0, 0.1) is 11.8 Å². The van der Waals surface area contributed by atoms with E-state index in [0.717, 1.165) is 32.1 Å². The molecule has 1 saturated heterocycles. The highest BCUT2D eigenvalue weighted by Gasteiger charge is 2.30. The number of carbonyl (C=O) groups excluding carboxylic acids is 3. The maximum Gasteiger partial charge on any atom is 0.335 e. The average Bonchev–Trinajstić information content (AvgIpc) is 3.21. The van der Waals surface area contributed by atoms with Gasteiger partial charge in [-0.05, 0) is 37.8 Å². The molecule has 2 aliphatic rings. The maximum atomic E-state index is 12.2. The lowest BCUT2D eigenvalue weighted by atomic mass is 9.89. The number of likely N-dealkylation sites (tertiary alicyclic amines) is 1. The summed E-state index contributed by atoms with van der Waals surface area (Å²) >= 11 is 0. The molecular weight excluding hydrogens is 324 g/mol. The van der Waals surface area contributed by atoms with Gasteiger partial charge in [0.15, 0.2) is 5.76 Å². The number of nitrogens with zero attached hydrogens (tertiary/aromatic N) is 1. The van der Waals surface area contributed by atoms with Gasteiger partial charge in [0.2, 0.25) is 0 Å². The third-order valence-electron chi connectivity index (χ3n) is 5.08. The first kappa shape index (κ1) is 17.5. The zero-order valence-electron chi connectivity index (χ0n) is 14.2. The van der Waals surface area contributed by atoms with E-state index in [1.165, 1.54) is 6.26 Å². The molecule has 1 aromatic heterocycles. The smallest absolute Gasteiger partial charge is 0.335 e. The highest BCUT2D eigenvalue weighted by Crippen LogP contribution is 2.24. The van der Waals surface area contributed by atoms with Crippen molar-refractivity contribution in [3.63, 3.8) is 0 Å². The molecule has 2 heterocycles. The summed E-state index contributed by atoms with van der Waals surface area (Å²) in [7, 11) is 0. The molecular formula is C18H24N2O5. The van der Waals surface area contributed by atoms with Crippen LogP contribution in [0.2, 0.25) is 0 Å². The van der Waals surface area contributed by atoms with Crippen LogP contribution in [0.15, 0.2) is 22.8 Å². The van der Waals surface area contributed by atoms with E-state index in [0.29, 0.717) is 31.7 Å². The Hall–Kier alpha value is -2.31. The Morgan fingerprint density at radius 1 is 1.04 bits per heavy atom. The van der Waals surface area contributed by atoms with E-state index >= 15 is 0 Å². The molecule has 136 valence electrons. The van der Waals surface area contributed by atoms with Gasteiger partial charge in [0.05, 0.1) is 12.2 Å². The van der Waals surface area contributed by atoms with Crippen molar-refractivity contribution in [3.05, 3.63) is 24.2 Å². The number of amides is 2. The van der Waals surface area contributed by atoms with Gasteiger partial charge in [-0.1, -0.05) is 19.3 Å². The summed E-state index contributed by atoms with van der Waals surface area (Å²) < 4.78 is 5.12. The van der Waals surface area contributed by atoms with Crippen molar-refractivity contribution in [2.75, 3.05) is 13.1 Å². The van der Waals surface area contributed by atoms with Gasteiger partial charge in [-0.25, -0.2) is 4.79 Å². The van der Waals surface area contributed by atoms with Gasteiger partial charge in [-0.15, -0.1) is 0 Å². The first-order valence-corrected chi connectivity index (χ1v) is 8.98. The predicted molar refractivity (Wildman–Crippen MR) is 88.1 cm³/mol. The molecule has 0 spiro atoms. The summed E-state index contributed by atoms with van der Waals surface area (Å²) in [5.74, 6) is -0.814. The van der Waals surface area contributed by atoms with E-state index < -0.39 is 0 Å². The maximum absolute atomic E-state index is 12.2. The molecule has 1 aliphatic heterocycles. The van der Waals surface area contributed by atoms with E-state index in [9.17, 15) is 14.4 Å². The minimum Gasteiger partial charge on any atom is -0.459 e. The van der Waals surface area contributed by atoms with Crippen LogP contribution in [0.1, 0.15) is 55.5 Å². The fourth-order valence-electron chi connectivity index (χ4n) is 3.51. The lowest BCUT2D eigenvalue weighted by molar-refractivity contribution is -0.165. The topological polar surface area (TPSA) is 88.9 Å². The zero-order valence-corrected chi connectivity index (χ0v) is 14.2. The minimum absolute atomic E-state index is 0.0955. The molecule has 7 nitrogen and oxygen atoms in total. The van der Waals surface area contributed by atoms with Crippen LogP contribution >= 0.6 is 0 Å². The summed E-state index contributed by atoms with van der Waals surface area (Å²) in [6.45, 7) is 0.961. The largest absolute Gasteiger partial charge is 0.459 e. The van der Waals surface area contributed by atoms with Crippen LogP contribution in [0.25, 0.3) is 0 Å². The Labute approximate surface area is 146 Å².